The zero-order chi connectivity index (χ0) is 12.1. The normalized spacial score (nSPS) is 10.0. The van der Waals surface area contributed by atoms with Crippen LogP contribution in [0.5, 0.6) is 5.75 Å². The van der Waals surface area contributed by atoms with Crippen LogP contribution < -0.4 is 10.1 Å². The summed E-state index contributed by atoms with van der Waals surface area (Å²) in [7, 11) is 1.66. The van der Waals surface area contributed by atoms with Gasteiger partial charge < -0.3 is 10.1 Å². The summed E-state index contributed by atoms with van der Waals surface area (Å²) in [4.78, 5) is 4.26. The number of rotatable bonds is 4. The zero-order valence-corrected chi connectivity index (χ0v) is 11.1. The molecule has 1 aromatic carbocycles. The monoisotopic (exact) mass is 292 g/mol. The number of anilines is 1. The van der Waals surface area contributed by atoms with Gasteiger partial charge in [-0.25, -0.2) is 0 Å². The number of hydrogen-bond donors (Lipinski definition) is 1. The predicted molar refractivity (Wildman–Crippen MR) is 72.3 cm³/mol. The SMILES string of the molecule is COc1ccc(Br)c(NCc2ccccn2)c1. The number of nitrogens with zero attached hydrogens (tertiary/aromatic N) is 1. The molecule has 0 atom stereocenters. The summed E-state index contributed by atoms with van der Waals surface area (Å²) in [5, 5.41) is 3.31. The van der Waals surface area contributed by atoms with Gasteiger partial charge in [0.2, 0.25) is 0 Å². The van der Waals surface area contributed by atoms with Gasteiger partial charge in [0.05, 0.1) is 25.0 Å². The van der Waals surface area contributed by atoms with Crippen LogP contribution in [0, 0.1) is 0 Å². The van der Waals surface area contributed by atoms with Crippen molar-refractivity contribution in [3.05, 3.63) is 52.8 Å². The third-order valence-corrected chi connectivity index (χ3v) is 3.05. The summed E-state index contributed by atoms with van der Waals surface area (Å²) in [6.07, 6.45) is 1.79. The van der Waals surface area contributed by atoms with Crippen LogP contribution in [0.4, 0.5) is 5.69 Å². The van der Waals surface area contributed by atoms with Crippen molar-refractivity contribution in [1.82, 2.24) is 4.98 Å². The molecule has 0 amide bonds. The summed E-state index contributed by atoms with van der Waals surface area (Å²) in [5.41, 5.74) is 2.00. The van der Waals surface area contributed by atoms with Gasteiger partial charge in [-0.15, -0.1) is 0 Å². The highest BCUT2D eigenvalue weighted by Gasteiger charge is 2.02. The van der Waals surface area contributed by atoms with Gasteiger partial charge in [-0.1, -0.05) is 6.07 Å². The Morgan fingerprint density at radius 2 is 2.18 bits per heavy atom. The standard InChI is InChI=1S/C13H13BrN2O/c1-17-11-5-6-12(14)13(8-11)16-9-10-4-2-3-7-15-10/h2-8,16H,9H2,1H3. The van der Waals surface area contributed by atoms with Crippen LogP contribution in [-0.4, -0.2) is 12.1 Å². The molecule has 0 aliphatic rings. The van der Waals surface area contributed by atoms with Gasteiger partial charge in [0.25, 0.3) is 0 Å². The van der Waals surface area contributed by atoms with E-state index in [2.05, 4.69) is 26.2 Å². The summed E-state index contributed by atoms with van der Waals surface area (Å²) in [6.45, 7) is 0.687. The Morgan fingerprint density at radius 3 is 2.88 bits per heavy atom. The van der Waals surface area contributed by atoms with E-state index in [-0.39, 0.29) is 0 Å². The number of pyridine rings is 1. The summed E-state index contributed by atoms with van der Waals surface area (Å²) < 4.78 is 6.19. The molecule has 0 radical (unpaired) electrons. The van der Waals surface area contributed by atoms with Crippen LogP contribution in [-0.2, 0) is 6.54 Å². The second-order valence-electron chi connectivity index (χ2n) is 3.52. The molecule has 0 aliphatic heterocycles. The first-order valence-corrected chi connectivity index (χ1v) is 6.06. The van der Waals surface area contributed by atoms with Crippen LogP contribution >= 0.6 is 15.9 Å². The molecule has 0 spiro atoms. The lowest BCUT2D eigenvalue weighted by molar-refractivity contribution is 0.415. The first-order chi connectivity index (χ1) is 8.29. The third kappa shape index (κ3) is 3.20. The van der Waals surface area contributed by atoms with Crippen LogP contribution in [0.25, 0.3) is 0 Å². The largest absolute Gasteiger partial charge is 0.497 e. The summed E-state index contributed by atoms with van der Waals surface area (Å²) in [5.74, 6) is 0.830. The zero-order valence-electron chi connectivity index (χ0n) is 9.48. The number of aromatic nitrogens is 1. The molecular formula is C13H13BrN2O. The Balaban J connectivity index is 2.08. The molecule has 17 heavy (non-hydrogen) atoms. The molecule has 1 aromatic heterocycles. The number of hydrogen-bond acceptors (Lipinski definition) is 3. The van der Waals surface area contributed by atoms with Crippen LogP contribution in [0.2, 0.25) is 0 Å². The highest BCUT2D eigenvalue weighted by atomic mass is 79.9. The smallest absolute Gasteiger partial charge is 0.121 e. The second kappa shape index (κ2) is 5.68. The van der Waals surface area contributed by atoms with Crippen molar-refractivity contribution in [2.45, 2.75) is 6.54 Å². The van der Waals surface area contributed by atoms with Crippen LogP contribution in [0.3, 0.4) is 0 Å². The molecule has 0 bridgehead atoms. The van der Waals surface area contributed by atoms with Gasteiger partial charge in [0.15, 0.2) is 0 Å². The molecule has 0 unspecified atom stereocenters. The molecule has 2 aromatic rings. The first-order valence-electron chi connectivity index (χ1n) is 5.27. The van der Waals surface area contributed by atoms with E-state index in [0.717, 1.165) is 21.6 Å². The quantitative estimate of drug-likeness (QED) is 0.937. The maximum absolute atomic E-state index is 5.19. The Labute approximate surface area is 109 Å². The lowest BCUT2D eigenvalue weighted by atomic mass is 10.3. The Morgan fingerprint density at radius 1 is 1.29 bits per heavy atom. The maximum atomic E-state index is 5.19. The van der Waals surface area contributed by atoms with E-state index in [9.17, 15) is 0 Å². The number of methoxy groups -OCH3 is 1. The van der Waals surface area contributed by atoms with E-state index in [1.165, 1.54) is 0 Å². The van der Waals surface area contributed by atoms with Crippen molar-refractivity contribution in [3.8, 4) is 5.75 Å². The van der Waals surface area contributed by atoms with E-state index >= 15 is 0 Å². The highest BCUT2D eigenvalue weighted by molar-refractivity contribution is 9.10. The van der Waals surface area contributed by atoms with Gasteiger partial charge in [-0.3, -0.25) is 4.98 Å². The maximum Gasteiger partial charge on any atom is 0.121 e. The number of halogens is 1. The van der Waals surface area contributed by atoms with Crippen molar-refractivity contribution in [3.63, 3.8) is 0 Å². The Kier molecular flexibility index (Phi) is 3.98. The lowest BCUT2D eigenvalue weighted by Crippen LogP contribution is -2.01. The first kappa shape index (κ1) is 11.9. The topological polar surface area (TPSA) is 34.1 Å². The molecule has 4 heteroatoms. The fourth-order valence-electron chi connectivity index (χ4n) is 1.46. The van der Waals surface area contributed by atoms with Gasteiger partial charge in [0.1, 0.15) is 5.75 Å². The molecule has 1 heterocycles. The van der Waals surface area contributed by atoms with Crippen LogP contribution in [0.1, 0.15) is 5.69 Å². The molecule has 0 aliphatic carbocycles. The summed E-state index contributed by atoms with van der Waals surface area (Å²) >= 11 is 3.49. The highest BCUT2D eigenvalue weighted by Crippen LogP contribution is 2.27. The second-order valence-corrected chi connectivity index (χ2v) is 4.37. The lowest BCUT2D eigenvalue weighted by Gasteiger charge is -2.09. The average Bonchev–Trinajstić information content (AvgIpc) is 2.39. The average molecular weight is 293 g/mol. The van der Waals surface area contributed by atoms with Gasteiger partial charge in [0, 0.05) is 16.7 Å². The molecule has 1 N–H and O–H groups in total. The minimum absolute atomic E-state index is 0.687. The molecule has 3 nitrogen and oxygen atoms in total. The Bertz CT molecular complexity index is 488. The van der Waals surface area contributed by atoms with Crippen molar-refractivity contribution in [2.75, 3.05) is 12.4 Å². The fraction of sp³-hybridized carbons (Fsp3) is 0.154. The van der Waals surface area contributed by atoms with Gasteiger partial charge >= 0.3 is 0 Å². The van der Waals surface area contributed by atoms with Crippen molar-refractivity contribution >= 4 is 21.6 Å². The van der Waals surface area contributed by atoms with E-state index in [1.807, 2.05) is 36.4 Å². The van der Waals surface area contributed by atoms with E-state index < -0.39 is 0 Å². The minimum atomic E-state index is 0.687. The molecule has 0 saturated carbocycles. The molecular weight excluding hydrogens is 280 g/mol. The number of nitrogens with one attached hydrogen (secondary N) is 1. The molecule has 0 fully saturated rings. The minimum Gasteiger partial charge on any atom is -0.497 e. The fourth-order valence-corrected chi connectivity index (χ4v) is 1.84. The number of ether oxygens (including phenoxy) is 1. The predicted octanol–water partition coefficient (Wildman–Crippen LogP) is 3.46. The molecule has 0 saturated heterocycles. The molecule has 2 rings (SSSR count). The number of benzene rings is 1. The Hall–Kier alpha value is -1.55. The van der Waals surface area contributed by atoms with Gasteiger partial charge in [-0.05, 0) is 40.2 Å². The summed E-state index contributed by atoms with van der Waals surface area (Å²) in [6, 6.07) is 11.7. The van der Waals surface area contributed by atoms with Crippen LogP contribution in [0.15, 0.2) is 47.1 Å². The van der Waals surface area contributed by atoms with Crippen molar-refractivity contribution in [1.29, 1.82) is 0 Å². The third-order valence-electron chi connectivity index (χ3n) is 2.36. The van der Waals surface area contributed by atoms with E-state index in [0.29, 0.717) is 6.54 Å². The molecule has 88 valence electrons. The van der Waals surface area contributed by atoms with Gasteiger partial charge in [-0.2, -0.15) is 0 Å². The van der Waals surface area contributed by atoms with E-state index in [4.69, 9.17) is 4.74 Å². The van der Waals surface area contributed by atoms with E-state index in [1.54, 1.807) is 13.3 Å². The van der Waals surface area contributed by atoms with Crippen molar-refractivity contribution < 1.29 is 4.74 Å². The van der Waals surface area contributed by atoms with Crippen molar-refractivity contribution in [2.24, 2.45) is 0 Å².